The van der Waals surface area contributed by atoms with Crippen LogP contribution in [0.1, 0.15) is 28.1 Å². The largest absolute Gasteiger partial charge is 0.297 e. The van der Waals surface area contributed by atoms with Gasteiger partial charge in [0.25, 0.3) is 0 Å². The van der Waals surface area contributed by atoms with Crippen LogP contribution in [-0.4, -0.2) is 9.55 Å². The summed E-state index contributed by atoms with van der Waals surface area (Å²) >= 11 is 0. The maximum atomic E-state index is 4.83. The van der Waals surface area contributed by atoms with E-state index >= 15 is 0 Å². The van der Waals surface area contributed by atoms with Crippen LogP contribution in [0.2, 0.25) is 0 Å². The fourth-order valence-electron chi connectivity index (χ4n) is 9.28. The summed E-state index contributed by atoms with van der Waals surface area (Å²) in [7, 11) is 0. The molecule has 0 saturated heterocycles. The molecule has 8 aromatic carbocycles. The van der Waals surface area contributed by atoms with E-state index in [2.05, 4.69) is 175 Å². The first-order chi connectivity index (χ1) is 24.2. The zero-order valence-electron chi connectivity index (χ0n) is 27.0. The van der Waals surface area contributed by atoms with Gasteiger partial charge in [-0.15, -0.1) is 0 Å². The van der Waals surface area contributed by atoms with Crippen LogP contribution < -0.4 is 0 Å². The van der Waals surface area contributed by atoms with Gasteiger partial charge in [0.05, 0.1) is 16.4 Å². The smallest absolute Gasteiger partial charge is 0.111 e. The van der Waals surface area contributed by atoms with Crippen molar-refractivity contribution in [2.24, 2.45) is 0 Å². The third-order valence-electron chi connectivity index (χ3n) is 11.1. The van der Waals surface area contributed by atoms with Gasteiger partial charge in [-0.1, -0.05) is 133 Å². The summed E-state index contributed by atoms with van der Waals surface area (Å²) in [6.07, 6.45) is 0. The molecule has 1 heterocycles. The monoisotopic (exact) mass is 622 g/mol. The van der Waals surface area contributed by atoms with Crippen LogP contribution in [0.25, 0.3) is 71.6 Å². The Morgan fingerprint density at radius 3 is 1.90 bits per heavy atom. The molecule has 1 spiro atoms. The number of aromatic nitrogens is 2. The van der Waals surface area contributed by atoms with E-state index in [-0.39, 0.29) is 0 Å². The highest BCUT2D eigenvalue weighted by atomic mass is 15.1. The Morgan fingerprint density at radius 1 is 0.490 bits per heavy atom. The molecule has 2 heteroatoms. The summed E-state index contributed by atoms with van der Waals surface area (Å²) in [5.74, 6) is 0.988. The Labute approximate surface area is 284 Å². The van der Waals surface area contributed by atoms with E-state index in [0.29, 0.717) is 0 Å². The number of para-hydroxylation sites is 2. The number of hydrogen-bond donors (Lipinski definition) is 0. The molecule has 0 saturated carbocycles. The summed E-state index contributed by atoms with van der Waals surface area (Å²) in [5.41, 5.74) is 16.1. The molecule has 0 atom stereocenters. The third-order valence-corrected chi connectivity index (χ3v) is 11.1. The first-order valence-corrected chi connectivity index (χ1v) is 17.1. The number of benzene rings is 8. The number of nitrogens with zero attached hydrogens (tertiary/aromatic N) is 2. The lowest BCUT2D eigenvalue weighted by molar-refractivity contribution is 0.802. The summed E-state index contributed by atoms with van der Waals surface area (Å²) < 4.78 is 2.25. The van der Waals surface area contributed by atoms with Crippen LogP contribution in [-0.2, 0) is 5.41 Å². The van der Waals surface area contributed by atoms with Gasteiger partial charge >= 0.3 is 0 Å². The zero-order chi connectivity index (χ0) is 32.3. The molecule has 9 aromatic rings. The lowest BCUT2D eigenvalue weighted by Crippen LogP contribution is -2.26. The number of fused-ring (bicyclic) bond motifs is 15. The van der Waals surface area contributed by atoms with Gasteiger partial charge in [-0.25, -0.2) is 4.98 Å². The predicted octanol–water partition coefficient (Wildman–Crippen LogP) is 11.7. The zero-order valence-corrected chi connectivity index (χ0v) is 27.0. The minimum Gasteiger partial charge on any atom is -0.297 e. The Balaban J connectivity index is 1.24. The van der Waals surface area contributed by atoms with Crippen LogP contribution >= 0.6 is 0 Å². The Bertz CT molecular complexity index is 2790. The molecule has 0 radical (unpaired) electrons. The molecule has 0 fully saturated rings. The highest BCUT2D eigenvalue weighted by molar-refractivity contribution is 6.14. The quantitative estimate of drug-likeness (QED) is 0.188. The second-order valence-corrected chi connectivity index (χ2v) is 13.5. The van der Waals surface area contributed by atoms with Crippen molar-refractivity contribution in [1.82, 2.24) is 9.55 Å². The van der Waals surface area contributed by atoms with E-state index in [9.17, 15) is 0 Å². The van der Waals surface area contributed by atoms with E-state index < -0.39 is 5.41 Å². The summed E-state index contributed by atoms with van der Waals surface area (Å²) in [6.45, 7) is 2.08. The molecular weight excluding hydrogens is 593 g/mol. The van der Waals surface area contributed by atoms with Gasteiger partial charge in [0.2, 0.25) is 0 Å². The van der Waals surface area contributed by atoms with Gasteiger partial charge in [0, 0.05) is 5.69 Å². The molecule has 49 heavy (non-hydrogen) atoms. The fourth-order valence-corrected chi connectivity index (χ4v) is 9.28. The van der Waals surface area contributed by atoms with Crippen molar-refractivity contribution in [2.45, 2.75) is 12.3 Å². The average molecular weight is 623 g/mol. The van der Waals surface area contributed by atoms with Crippen molar-refractivity contribution in [3.8, 4) is 39.1 Å². The predicted molar refractivity (Wildman–Crippen MR) is 203 cm³/mol. The highest BCUT2D eigenvalue weighted by Gasteiger charge is 2.53. The lowest BCUT2D eigenvalue weighted by atomic mass is 9.69. The second-order valence-electron chi connectivity index (χ2n) is 13.5. The SMILES string of the molecule is Cc1nc2ccccc2n1-c1ccc(-c2cc3c(c4ccccc24)-c2ccc4ccccc4c2C32c3ccccc3-c3ccccc32)cc1. The first kappa shape index (κ1) is 26.8. The second kappa shape index (κ2) is 9.65. The third kappa shape index (κ3) is 3.38. The number of hydrogen-bond acceptors (Lipinski definition) is 1. The van der Waals surface area contributed by atoms with Crippen LogP contribution in [0.5, 0.6) is 0 Å². The van der Waals surface area contributed by atoms with Crippen molar-refractivity contribution < 1.29 is 0 Å². The van der Waals surface area contributed by atoms with Crippen molar-refractivity contribution in [2.75, 3.05) is 0 Å². The van der Waals surface area contributed by atoms with Crippen molar-refractivity contribution in [1.29, 1.82) is 0 Å². The molecule has 228 valence electrons. The summed E-state index contributed by atoms with van der Waals surface area (Å²) in [5, 5.41) is 5.16. The molecule has 2 aliphatic rings. The topological polar surface area (TPSA) is 17.8 Å². The molecule has 1 aromatic heterocycles. The van der Waals surface area contributed by atoms with E-state index in [0.717, 1.165) is 22.5 Å². The Kier molecular flexibility index (Phi) is 5.28. The molecule has 2 nitrogen and oxygen atoms in total. The molecule has 0 amide bonds. The van der Waals surface area contributed by atoms with E-state index in [1.54, 1.807) is 0 Å². The molecular formula is C47H30N2. The normalized spacial score (nSPS) is 13.6. The fraction of sp³-hybridized carbons (Fsp3) is 0.0426. The molecule has 11 rings (SSSR count). The number of rotatable bonds is 2. The van der Waals surface area contributed by atoms with Crippen LogP contribution in [0.3, 0.4) is 0 Å². The van der Waals surface area contributed by atoms with Gasteiger partial charge in [0.1, 0.15) is 5.82 Å². The first-order valence-electron chi connectivity index (χ1n) is 17.1. The standard InChI is InChI=1S/C47H30N2/c1-29-48-43-20-10-11-21-44(43)49(29)32-25-22-31(23-26-32)39-28-42-45(37-17-5-4-14-34(37)39)38-27-24-30-12-2-3-13-33(30)46(38)47(42)40-18-8-6-15-35(40)36-16-7-9-19-41(36)47/h2-28H,1H3. The van der Waals surface area contributed by atoms with E-state index in [1.165, 1.54) is 77.2 Å². The molecule has 2 aliphatic carbocycles. The molecule has 0 N–H and O–H groups in total. The highest BCUT2D eigenvalue weighted by Crippen LogP contribution is 2.65. The summed E-state index contributed by atoms with van der Waals surface area (Å²) in [6, 6.07) is 60.8. The van der Waals surface area contributed by atoms with E-state index in [1.807, 2.05) is 0 Å². The lowest BCUT2D eigenvalue weighted by Gasteiger charge is -2.32. The van der Waals surface area contributed by atoms with Crippen LogP contribution in [0, 0.1) is 6.92 Å². The van der Waals surface area contributed by atoms with Crippen molar-refractivity contribution >= 4 is 32.6 Å². The maximum absolute atomic E-state index is 4.83. The van der Waals surface area contributed by atoms with E-state index in [4.69, 9.17) is 4.98 Å². The average Bonchev–Trinajstić information content (AvgIpc) is 3.77. The van der Waals surface area contributed by atoms with Gasteiger partial charge in [0.15, 0.2) is 0 Å². The van der Waals surface area contributed by atoms with Gasteiger partial charge in [-0.05, 0) is 114 Å². The van der Waals surface area contributed by atoms with Gasteiger partial charge in [-0.3, -0.25) is 4.57 Å². The minimum absolute atomic E-state index is 0.440. The van der Waals surface area contributed by atoms with Crippen LogP contribution in [0.4, 0.5) is 0 Å². The minimum atomic E-state index is -0.440. The Hall–Kier alpha value is -6.25. The molecule has 0 bridgehead atoms. The van der Waals surface area contributed by atoms with Gasteiger partial charge < -0.3 is 0 Å². The Morgan fingerprint density at radius 2 is 1.12 bits per heavy atom. The molecule has 0 aliphatic heterocycles. The van der Waals surface area contributed by atoms with Crippen molar-refractivity contribution in [3.63, 3.8) is 0 Å². The summed E-state index contributed by atoms with van der Waals surface area (Å²) in [4.78, 5) is 4.83. The van der Waals surface area contributed by atoms with Crippen LogP contribution in [0.15, 0.2) is 164 Å². The van der Waals surface area contributed by atoms with Gasteiger partial charge in [-0.2, -0.15) is 0 Å². The maximum Gasteiger partial charge on any atom is 0.111 e. The number of imidazole rings is 1. The van der Waals surface area contributed by atoms with Crippen molar-refractivity contribution in [3.05, 3.63) is 192 Å². The number of aryl methyl sites for hydroxylation is 1. The molecule has 0 unspecified atom stereocenters.